The number of nitrogens with zero attached hydrogens (tertiary/aromatic N) is 1. The maximum atomic E-state index is 12.0. The van der Waals surface area contributed by atoms with Crippen LogP contribution in [0.5, 0.6) is 0 Å². The van der Waals surface area contributed by atoms with Crippen molar-refractivity contribution in [2.24, 2.45) is 11.7 Å². The molecule has 2 rings (SSSR count). The van der Waals surface area contributed by atoms with Gasteiger partial charge in [0.2, 0.25) is 11.8 Å². The van der Waals surface area contributed by atoms with E-state index in [9.17, 15) is 19.5 Å². The zero-order valence-electron chi connectivity index (χ0n) is 11.6. The number of carboxylic acid groups (broad SMARTS) is 1. The average Bonchev–Trinajstić information content (AvgIpc) is 2.79. The number of nitrogens with one attached hydrogen (secondary N) is 1. The van der Waals surface area contributed by atoms with Gasteiger partial charge < -0.3 is 21.1 Å². The molecule has 4 N–H and O–H groups in total. The van der Waals surface area contributed by atoms with Crippen LogP contribution >= 0.6 is 0 Å². The standard InChI is InChI=1S/C14H17N3O4/c1-8(18)16-10-2-3-12(11(5-10)14(20)21)17-7-9(6-15)4-13(17)19/h2-3,5,9H,4,6-7,15H2,1H3,(H,16,18)(H,20,21). The van der Waals surface area contributed by atoms with Crippen LogP contribution in [-0.2, 0) is 9.59 Å². The Morgan fingerprint density at radius 1 is 1.48 bits per heavy atom. The SMILES string of the molecule is CC(=O)Nc1ccc(N2CC(CN)CC2=O)c(C(=O)O)c1. The van der Waals surface area contributed by atoms with Crippen molar-refractivity contribution in [3.8, 4) is 0 Å². The molecule has 1 heterocycles. The van der Waals surface area contributed by atoms with Gasteiger partial charge in [0.25, 0.3) is 0 Å². The number of carboxylic acids is 1. The van der Waals surface area contributed by atoms with Crippen molar-refractivity contribution in [1.29, 1.82) is 0 Å². The van der Waals surface area contributed by atoms with E-state index in [0.717, 1.165) is 0 Å². The summed E-state index contributed by atoms with van der Waals surface area (Å²) in [6.07, 6.45) is 0.322. The van der Waals surface area contributed by atoms with Crippen molar-refractivity contribution >= 4 is 29.2 Å². The number of rotatable bonds is 4. The van der Waals surface area contributed by atoms with Crippen molar-refractivity contribution in [2.75, 3.05) is 23.3 Å². The Bertz CT molecular complexity index is 600. The number of anilines is 2. The topological polar surface area (TPSA) is 113 Å². The molecule has 0 spiro atoms. The molecular weight excluding hydrogens is 274 g/mol. The second-order valence-electron chi connectivity index (χ2n) is 5.03. The predicted molar refractivity (Wildman–Crippen MR) is 77.2 cm³/mol. The summed E-state index contributed by atoms with van der Waals surface area (Å²) in [4.78, 5) is 35.9. The molecule has 0 bridgehead atoms. The molecule has 7 heteroatoms. The van der Waals surface area contributed by atoms with Gasteiger partial charge in [-0.25, -0.2) is 4.79 Å². The summed E-state index contributed by atoms with van der Waals surface area (Å²) in [5.74, 6) is -1.55. The van der Waals surface area contributed by atoms with Crippen LogP contribution in [0.15, 0.2) is 18.2 Å². The zero-order valence-corrected chi connectivity index (χ0v) is 11.6. The highest BCUT2D eigenvalue weighted by Gasteiger charge is 2.32. The van der Waals surface area contributed by atoms with Gasteiger partial charge in [0, 0.05) is 25.6 Å². The van der Waals surface area contributed by atoms with Crippen molar-refractivity contribution < 1.29 is 19.5 Å². The summed E-state index contributed by atoms with van der Waals surface area (Å²) in [5.41, 5.74) is 6.26. The van der Waals surface area contributed by atoms with Gasteiger partial charge in [-0.3, -0.25) is 9.59 Å². The minimum atomic E-state index is -1.15. The minimum Gasteiger partial charge on any atom is -0.478 e. The van der Waals surface area contributed by atoms with Crippen molar-refractivity contribution in [2.45, 2.75) is 13.3 Å². The highest BCUT2D eigenvalue weighted by molar-refractivity contribution is 6.04. The molecular formula is C14H17N3O4. The fourth-order valence-electron chi connectivity index (χ4n) is 2.40. The van der Waals surface area contributed by atoms with E-state index >= 15 is 0 Å². The quantitative estimate of drug-likeness (QED) is 0.754. The number of aromatic carboxylic acids is 1. The van der Waals surface area contributed by atoms with Gasteiger partial charge in [-0.2, -0.15) is 0 Å². The first-order valence-corrected chi connectivity index (χ1v) is 6.57. The van der Waals surface area contributed by atoms with E-state index in [-0.39, 0.29) is 23.3 Å². The van der Waals surface area contributed by atoms with Crippen LogP contribution in [0, 0.1) is 5.92 Å². The minimum absolute atomic E-state index is 0.0210. The van der Waals surface area contributed by atoms with Crippen LogP contribution in [0.25, 0.3) is 0 Å². The fourth-order valence-corrected chi connectivity index (χ4v) is 2.40. The highest BCUT2D eigenvalue weighted by Crippen LogP contribution is 2.30. The number of hydrogen-bond acceptors (Lipinski definition) is 4. The van der Waals surface area contributed by atoms with Gasteiger partial charge >= 0.3 is 5.97 Å². The first-order chi connectivity index (χ1) is 9.92. The number of amides is 2. The number of carbonyl (C=O) groups is 3. The van der Waals surface area contributed by atoms with Crippen LogP contribution in [0.1, 0.15) is 23.7 Å². The van der Waals surface area contributed by atoms with E-state index in [1.165, 1.54) is 24.0 Å². The third kappa shape index (κ3) is 3.19. The van der Waals surface area contributed by atoms with Crippen LogP contribution in [0.4, 0.5) is 11.4 Å². The molecule has 1 atom stereocenters. The summed E-state index contributed by atoms with van der Waals surface area (Å²) in [7, 11) is 0. The molecule has 0 radical (unpaired) electrons. The zero-order chi connectivity index (χ0) is 15.6. The second kappa shape index (κ2) is 5.92. The lowest BCUT2D eigenvalue weighted by Gasteiger charge is -2.19. The highest BCUT2D eigenvalue weighted by atomic mass is 16.4. The molecule has 1 aromatic rings. The van der Waals surface area contributed by atoms with E-state index in [4.69, 9.17) is 5.73 Å². The Morgan fingerprint density at radius 2 is 2.19 bits per heavy atom. The largest absolute Gasteiger partial charge is 0.478 e. The molecule has 1 unspecified atom stereocenters. The predicted octanol–water partition coefficient (Wildman–Crippen LogP) is 0.655. The molecule has 1 aliphatic rings. The normalized spacial score (nSPS) is 17.9. The first kappa shape index (κ1) is 15.0. The molecule has 7 nitrogen and oxygen atoms in total. The molecule has 1 saturated heterocycles. The van der Waals surface area contributed by atoms with Gasteiger partial charge in [0.1, 0.15) is 0 Å². The summed E-state index contributed by atoms with van der Waals surface area (Å²) in [6.45, 7) is 2.13. The van der Waals surface area contributed by atoms with Crippen LogP contribution in [-0.4, -0.2) is 36.0 Å². The summed E-state index contributed by atoms with van der Waals surface area (Å²) < 4.78 is 0. The third-order valence-electron chi connectivity index (χ3n) is 3.38. The van der Waals surface area contributed by atoms with E-state index in [1.807, 2.05) is 0 Å². The Kier molecular flexibility index (Phi) is 4.23. The second-order valence-corrected chi connectivity index (χ2v) is 5.03. The molecule has 1 aliphatic heterocycles. The lowest BCUT2D eigenvalue weighted by atomic mass is 10.1. The lowest BCUT2D eigenvalue weighted by molar-refractivity contribution is -0.117. The Morgan fingerprint density at radius 3 is 2.71 bits per heavy atom. The lowest BCUT2D eigenvalue weighted by Crippen LogP contribution is -2.27. The summed E-state index contributed by atoms with van der Waals surface area (Å²) >= 11 is 0. The molecule has 0 saturated carbocycles. The van der Waals surface area contributed by atoms with E-state index in [0.29, 0.717) is 30.9 Å². The molecule has 0 aliphatic carbocycles. The van der Waals surface area contributed by atoms with Crippen molar-refractivity contribution in [3.05, 3.63) is 23.8 Å². The smallest absolute Gasteiger partial charge is 0.337 e. The molecule has 21 heavy (non-hydrogen) atoms. The van der Waals surface area contributed by atoms with Gasteiger partial charge in [-0.15, -0.1) is 0 Å². The fraction of sp³-hybridized carbons (Fsp3) is 0.357. The maximum absolute atomic E-state index is 12.0. The molecule has 1 fully saturated rings. The Labute approximate surface area is 121 Å². The summed E-state index contributed by atoms with van der Waals surface area (Å²) in [6, 6.07) is 4.46. The molecule has 2 amide bonds. The van der Waals surface area contributed by atoms with Gasteiger partial charge in [0.05, 0.1) is 11.3 Å². The molecule has 0 aromatic heterocycles. The maximum Gasteiger partial charge on any atom is 0.337 e. The van der Waals surface area contributed by atoms with Gasteiger partial charge in [-0.05, 0) is 30.7 Å². The van der Waals surface area contributed by atoms with Crippen molar-refractivity contribution in [3.63, 3.8) is 0 Å². The van der Waals surface area contributed by atoms with E-state index < -0.39 is 5.97 Å². The Hall–Kier alpha value is -2.41. The number of benzene rings is 1. The van der Waals surface area contributed by atoms with Gasteiger partial charge in [0.15, 0.2) is 0 Å². The number of nitrogens with two attached hydrogens (primary N) is 1. The van der Waals surface area contributed by atoms with Crippen molar-refractivity contribution in [1.82, 2.24) is 0 Å². The summed E-state index contributed by atoms with van der Waals surface area (Å²) in [5, 5.41) is 11.8. The first-order valence-electron chi connectivity index (χ1n) is 6.57. The van der Waals surface area contributed by atoms with Gasteiger partial charge in [-0.1, -0.05) is 0 Å². The number of hydrogen-bond donors (Lipinski definition) is 3. The molecule has 1 aromatic carbocycles. The van der Waals surface area contributed by atoms with E-state index in [1.54, 1.807) is 6.07 Å². The average molecular weight is 291 g/mol. The Balaban J connectivity index is 2.37. The third-order valence-corrected chi connectivity index (χ3v) is 3.38. The van der Waals surface area contributed by atoms with Crippen LogP contribution in [0.2, 0.25) is 0 Å². The van der Waals surface area contributed by atoms with E-state index in [2.05, 4.69) is 5.32 Å². The number of carbonyl (C=O) groups excluding carboxylic acids is 2. The monoisotopic (exact) mass is 291 g/mol. The molecule has 112 valence electrons. The van der Waals surface area contributed by atoms with Crippen LogP contribution < -0.4 is 16.0 Å². The van der Waals surface area contributed by atoms with Crippen LogP contribution in [0.3, 0.4) is 0 Å².